The Labute approximate surface area is 136 Å². The molecule has 5 nitrogen and oxygen atoms in total. The zero-order chi connectivity index (χ0) is 16.2. The van der Waals surface area contributed by atoms with Gasteiger partial charge in [0.1, 0.15) is 5.75 Å². The summed E-state index contributed by atoms with van der Waals surface area (Å²) in [5, 5.41) is 3.03. The molecule has 120 valence electrons. The second-order valence-electron chi connectivity index (χ2n) is 7.13. The monoisotopic (exact) mass is 311 g/mol. The van der Waals surface area contributed by atoms with E-state index < -0.39 is 5.60 Å². The minimum atomic E-state index is -0.933. The zero-order valence-corrected chi connectivity index (χ0v) is 13.5. The van der Waals surface area contributed by atoms with Crippen molar-refractivity contribution in [2.75, 3.05) is 11.9 Å². The van der Waals surface area contributed by atoms with E-state index in [0.717, 1.165) is 11.4 Å². The van der Waals surface area contributed by atoms with E-state index >= 15 is 0 Å². The van der Waals surface area contributed by atoms with E-state index in [4.69, 9.17) is 11.3 Å². The Morgan fingerprint density at radius 3 is 2.83 bits per heavy atom. The van der Waals surface area contributed by atoms with Crippen LogP contribution in [-0.2, 0) is 4.79 Å². The van der Waals surface area contributed by atoms with E-state index in [1.54, 1.807) is 0 Å². The second kappa shape index (κ2) is 4.97. The number of fused-ring (bicyclic) bond motifs is 1. The number of rotatable bonds is 2. The van der Waals surface area contributed by atoms with Crippen LogP contribution in [0.4, 0.5) is 5.69 Å². The highest BCUT2D eigenvalue weighted by Crippen LogP contribution is 2.50. The third-order valence-corrected chi connectivity index (χ3v) is 5.17. The van der Waals surface area contributed by atoms with Gasteiger partial charge in [0, 0.05) is 6.04 Å². The molecule has 2 aliphatic heterocycles. The molecule has 0 aromatic heterocycles. The molecule has 2 heterocycles. The average Bonchev–Trinajstić information content (AvgIpc) is 3.29. The molecule has 1 saturated carbocycles. The lowest BCUT2D eigenvalue weighted by molar-refractivity contribution is -0.131. The fourth-order valence-corrected chi connectivity index (χ4v) is 3.72. The summed E-state index contributed by atoms with van der Waals surface area (Å²) in [5.41, 5.74) is 1.04. The first-order valence-corrected chi connectivity index (χ1v) is 8.30. The highest BCUT2D eigenvalue weighted by Gasteiger charge is 2.57. The number of hydrogen-bond acceptors (Lipinski definition) is 3. The Bertz CT molecular complexity index is 705. The summed E-state index contributed by atoms with van der Waals surface area (Å²) in [7, 11) is 0. The number of hydrogen-bond donors (Lipinski definition) is 1. The summed E-state index contributed by atoms with van der Waals surface area (Å²) in [5.74, 6) is 1.26. The number of para-hydroxylation sites is 1. The molecule has 2 atom stereocenters. The molecular weight excluding hydrogens is 290 g/mol. The van der Waals surface area contributed by atoms with Crippen LogP contribution in [0.3, 0.4) is 0 Å². The molecule has 1 N–H and O–H groups in total. The van der Waals surface area contributed by atoms with Crippen LogP contribution in [0.2, 0.25) is 0 Å². The maximum atomic E-state index is 12.7. The van der Waals surface area contributed by atoms with Crippen LogP contribution in [0, 0.1) is 6.57 Å². The fourth-order valence-electron chi connectivity index (χ4n) is 3.72. The number of nitrogens with zero attached hydrogens (tertiary/aromatic N) is 2. The van der Waals surface area contributed by atoms with E-state index in [-0.39, 0.29) is 18.1 Å². The van der Waals surface area contributed by atoms with Gasteiger partial charge in [-0.25, -0.2) is 11.5 Å². The van der Waals surface area contributed by atoms with Gasteiger partial charge in [0.25, 0.3) is 12.1 Å². The van der Waals surface area contributed by atoms with E-state index in [9.17, 15) is 4.79 Å². The first kappa shape index (κ1) is 14.5. The van der Waals surface area contributed by atoms with E-state index in [1.807, 2.05) is 12.1 Å². The van der Waals surface area contributed by atoms with Crippen molar-refractivity contribution in [1.29, 1.82) is 0 Å². The predicted molar refractivity (Wildman–Crippen MR) is 87.3 cm³/mol. The van der Waals surface area contributed by atoms with Gasteiger partial charge >= 0.3 is 0 Å². The van der Waals surface area contributed by atoms with Crippen molar-refractivity contribution in [3.05, 3.63) is 35.2 Å². The van der Waals surface area contributed by atoms with Gasteiger partial charge in [-0.15, -0.1) is 0 Å². The van der Waals surface area contributed by atoms with Crippen molar-refractivity contribution in [2.24, 2.45) is 0 Å². The smallest absolute Gasteiger partial charge is 0.284 e. The number of ether oxygens (including phenoxy) is 1. The molecule has 0 radical (unpaired) electrons. The van der Waals surface area contributed by atoms with Crippen LogP contribution in [-0.4, -0.2) is 35.2 Å². The fraction of sp³-hybridized carbons (Fsp3) is 0.556. The lowest BCUT2D eigenvalue weighted by Crippen LogP contribution is -2.53. The highest BCUT2D eigenvalue weighted by atomic mass is 16.5. The Morgan fingerprint density at radius 1 is 1.43 bits per heavy atom. The number of likely N-dealkylation sites (tertiary alicyclic amines) is 1. The van der Waals surface area contributed by atoms with Crippen LogP contribution in [0.5, 0.6) is 5.75 Å². The Hall–Kier alpha value is -2.06. The number of anilines is 1. The van der Waals surface area contributed by atoms with Crippen molar-refractivity contribution in [2.45, 2.75) is 56.8 Å². The summed E-state index contributed by atoms with van der Waals surface area (Å²) in [4.78, 5) is 18.5. The Balaban J connectivity index is 1.72. The normalized spacial score (nSPS) is 30.0. The van der Waals surface area contributed by atoms with Crippen LogP contribution in [0.15, 0.2) is 18.2 Å². The SMILES string of the molecule is [C-]#[N+][C@@H]1C[C@]2(CN1C(C)C)Oc1c(cccc1C1CC1)NC2=O. The van der Waals surface area contributed by atoms with Gasteiger partial charge in [-0.2, -0.15) is 0 Å². The second-order valence-corrected chi connectivity index (χ2v) is 7.13. The van der Waals surface area contributed by atoms with Crippen molar-refractivity contribution >= 4 is 11.6 Å². The summed E-state index contributed by atoms with van der Waals surface area (Å²) in [6.07, 6.45) is 2.50. The van der Waals surface area contributed by atoms with Gasteiger partial charge in [0.15, 0.2) is 0 Å². The van der Waals surface area contributed by atoms with Crippen LogP contribution in [0.1, 0.15) is 44.6 Å². The lowest BCUT2D eigenvalue weighted by atomic mass is 9.97. The number of amides is 1. The predicted octanol–water partition coefficient (Wildman–Crippen LogP) is 2.99. The van der Waals surface area contributed by atoms with Gasteiger partial charge in [-0.3, -0.25) is 9.64 Å². The van der Waals surface area contributed by atoms with Crippen LogP contribution < -0.4 is 10.1 Å². The first-order valence-electron chi connectivity index (χ1n) is 8.30. The lowest BCUT2D eigenvalue weighted by Gasteiger charge is -2.35. The van der Waals surface area contributed by atoms with Gasteiger partial charge < -0.3 is 10.1 Å². The topological polar surface area (TPSA) is 45.9 Å². The molecule has 1 aromatic carbocycles. The summed E-state index contributed by atoms with van der Waals surface area (Å²) >= 11 is 0. The van der Waals surface area contributed by atoms with Gasteiger partial charge in [0.2, 0.25) is 5.60 Å². The molecule has 0 unspecified atom stereocenters. The molecule has 1 spiro atoms. The number of benzene rings is 1. The Morgan fingerprint density at radius 2 is 2.22 bits per heavy atom. The molecule has 5 heteroatoms. The van der Waals surface area contributed by atoms with Crippen LogP contribution in [0.25, 0.3) is 4.85 Å². The third kappa shape index (κ3) is 2.21. The summed E-state index contributed by atoms with van der Waals surface area (Å²) < 4.78 is 6.34. The van der Waals surface area contributed by atoms with Gasteiger partial charge in [-0.05, 0) is 44.2 Å². The van der Waals surface area contributed by atoms with Gasteiger partial charge in [-0.1, -0.05) is 12.1 Å². The van der Waals surface area contributed by atoms with Gasteiger partial charge in [0.05, 0.1) is 18.7 Å². The summed E-state index contributed by atoms with van der Waals surface area (Å²) in [6, 6.07) is 6.19. The zero-order valence-electron chi connectivity index (χ0n) is 13.5. The minimum absolute atomic E-state index is 0.116. The quantitative estimate of drug-likeness (QED) is 0.854. The van der Waals surface area contributed by atoms with Crippen molar-refractivity contribution in [3.8, 4) is 5.75 Å². The standard InChI is InChI=1S/C18H21N3O2/c1-11(2)21-10-18(9-15(21)19-3)17(22)20-14-6-4-5-13(12-7-8-12)16(14)23-18/h4-6,11-12,15H,7-10H2,1-2H3,(H,20,22)/t15-,18+/m0/s1. The molecule has 2 fully saturated rings. The number of nitrogens with one attached hydrogen (secondary N) is 1. The molecule has 4 rings (SSSR count). The number of carbonyl (C=O) groups is 1. The minimum Gasteiger partial charge on any atom is -0.473 e. The molecule has 0 bridgehead atoms. The summed E-state index contributed by atoms with van der Waals surface area (Å²) in [6.45, 7) is 12.0. The molecular formula is C18H21N3O2. The van der Waals surface area contributed by atoms with E-state index in [1.165, 1.54) is 18.4 Å². The Kier molecular flexibility index (Phi) is 3.14. The molecule has 23 heavy (non-hydrogen) atoms. The highest BCUT2D eigenvalue weighted by molar-refractivity contribution is 6.01. The third-order valence-electron chi connectivity index (χ3n) is 5.17. The van der Waals surface area contributed by atoms with Crippen LogP contribution >= 0.6 is 0 Å². The molecule has 3 aliphatic rings. The van der Waals surface area contributed by atoms with E-state index in [2.05, 4.69) is 35.0 Å². The first-order chi connectivity index (χ1) is 11.0. The average molecular weight is 311 g/mol. The maximum absolute atomic E-state index is 12.7. The molecule has 1 amide bonds. The number of carbonyl (C=O) groups excluding carboxylic acids is 1. The maximum Gasteiger partial charge on any atom is 0.284 e. The van der Waals surface area contributed by atoms with Crippen molar-refractivity contribution < 1.29 is 9.53 Å². The van der Waals surface area contributed by atoms with E-state index in [0.29, 0.717) is 18.9 Å². The molecule has 1 aromatic rings. The van der Waals surface area contributed by atoms with Crippen molar-refractivity contribution in [3.63, 3.8) is 0 Å². The molecule has 1 saturated heterocycles. The largest absolute Gasteiger partial charge is 0.473 e. The molecule has 1 aliphatic carbocycles. The van der Waals surface area contributed by atoms with Crippen molar-refractivity contribution in [1.82, 2.24) is 4.90 Å².